The van der Waals surface area contributed by atoms with Crippen molar-refractivity contribution in [1.29, 1.82) is 0 Å². The maximum atomic E-state index is 11.6. The Morgan fingerprint density at radius 3 is 2.17 bits per heavy atom. The van der Waals surface area contributed by atoms with Gasteiger partial charge in [0.25, 0.3) is 10.2 Å². The molecule has 1 rings (SSSR count). The van der Waals surface area contributed by atoms with E-state index in [1.165, 1.54) is 12.8 Å². The third-order valence-electron chi connectivity index (χ3n) is 3.26. The monoisotopic (exact) mass is 299 g/mol. The van der Waals surface area contributed by atoms with Gasteiger partial charge in [-0.15, -0.1) is 12.4 Å². The van der Waals surface area contributed by atoms with Crippen molar-refractivity contribution >= 4 is 22.6 Å². The lowest BCUT2D eigenvalue weighted by atomic mass is 9.92. The van der Waals surface area contributed by atoms with E-state index < -0.39 is 10.2 Å². The Morgan fingerprint density at radius 2 is 1.67 bits per heavy atom. The topological polar surface area (TPSA) is 84.2 Å². The van der Waals surface area contributed by atoms with Crippen LogP contribution < -0.4 is 15.2 Å². The zero-order valence-electron chi connectivity index (χ0n) is 11.1. The molecule has 0 aromatic rings. The van der Waals surface area contributed by atoms with Crippen LogP contribution in [0.5, 0.6) is 0 Å². The van der Waals surface area contributed by atoms with Crippen molar-refractivity contribution in [2.45, 2.75) is 57.4 Å². The van der Waals surface area contributed by atoms with Crippen molar-refractivity contribution in [2.75, 3.05) is 13.1 Å². The summed E-state index contributed by atoms with van der Waals surface area (Å²) in [5, 5.41) is 0. The lowest BCUT2D eigenvalue weighted by molar-refractivity contribution is 0.368. The van der Waals surface area contributed by atoms with Crippen LogP contribution in [0.25, 0.3) is 0 Å². The van der Waals surface area contributed by atoms with Gasteiger partial charge in [0.2, 0.25) is 0 Å². The second-order valence-corrected chi connectivity index (χ2v) is 6.58. The van der Waals surface area contributed by atoms with Gasteiger partial charge in [-0.1, -0.05) is 32.6 Å². The van der Waals surface area contributed by atoms with E-state index in [0.29, 0.717) is 13.1 Å². The molecule has 0 unspecified atom stereocenters. The standard InChI is InChI=1S/C11H25N3O2S.ClH/c1-2-9-13-17(15,16)14-10-11(12)7-5-3-4-6-8-11;/h13-14H,2-10,12H2,1H3;1H. The Hall–Kier alpha value is 0.120. The van der Waals surface area contributed by atoms with Gasteiger partial charge in [0.15, 0.2) is 0 Å². The van der Waals surface area contributed by atoms with Crippen LogP contribution in [-0.2, 0) is 10.2 Å². The van der Waals surface area contributed by atoms with E-state index in [1.807, 2.05) is 6.92 Å². The predicted octanol–water partition coefficient (Wildman–Crippen LogP) is 1.29. The van der Waals surface area contributed by atoms with Crippen LogP contribution in [0, 0.1) is 0 Å². The number of hydrogen-bond donors (Lipinski definition) is 3. The molecule has 0 atom stereocenters. The molecule has 0 heterocycles. The van der Waals surface area contributed by atoms with E-state index in [0.717, 1.165) is 32.1 Å². The van der Waals surface area contributed by atoms with Crippen LogP contribution in [0.3, 0.4) is 0 Å². The summed E-state index contributed by atoms with van der Waals surface area (Å²) in [5.74, 6) is 0. The van der Waals surface area contributed by atoms with Crippen LogP contribution in [0.2, 0.25) is 0 Å². The van der Waals surface area contributed by atoms with Gasteiger partial charge in [-0.3, -0.25) is 0 Å². The molecule has 18 heavy (non-hydrogen) atoms. The summed E-state index contributed by atoms with van der Waals surface area (Å²) in [6.45, 7) is 2.73. The summed E-state index contributed by atoms with van der Waals surface area (Å²) in [6, 6.07) is 0. The number of halogens is 1. The molecule has 110 valence electrons. The van der Waals surface area contributed by atoms with E-state index in [4.69, 9.17) is 5.73 Å². The normalized spacial score (nSPS) is 19.9. The maximum absolute atomic E-state index is 11.6. The average molecular weight is 300 g/mol. The zero-order chi connectivity index (χ0) is 12.8. The van der Waals surface area contributed by atoms with E-state index in [-0.39, 0.29) is 17.9 Å². The number of nitrogens with two attached hydrogens (primary N) is 1. The summed E-state index contributed by atoms with van der Waals surface area (Å²) in [7, 11) is -3.37. The first-order valence-electron chi connectivity index (χ1n) is 6.51. The third kappa shape index (κ3) is 6.89. The molecule has 0 radical (unpaired) electrons. The van der Waals surface area contributed by atoms with Crippen molar-refractivity contribution in [1.82, 2.24) is 9.44 Å². The lowest BCUT2D eigenvalue weighted by Crippen LogP contribution is -2.51. The SMILES string of the molecule is CCCNS(=O)(=O)NCC1(N)CCCCCC1.Cl. The van der Waals surface area contributed by atoms with Crippen LogP contribution in [-0.4, -0.2) is 27.0 Å². The quantitative estimate of drug-likeness (QED) is 0.646. The molecule has 0 aromatic carbocycles. The van der Waals surface area contributed by atoms with E-state index >= 15 is 0 Å². The third-order valence-corrected chi connectivity index (χ3v) is 4.36. The Morgan fingerprint density at radius 1 is 1.11 bits per heavy atom. The highest BCUT2D eigenvalue weighted by atomic mass is 35.5. The predicted molar refractivity (Wildman–Crippen MR) is 77.1 cm³/mol. The molecule has 0 saturated heterocycles. The summed E-state index contributed by atoms with van der Waals surface area (Å²) in [4.78, 5) is 0. The number of hydrogen-bond acceptors (Lipinski definition) is 3. The maximum Gasteiger partial charge on any atom is 0.276 e. The molecule has 5 nitrogen and oxygen atoms in total. The van der Waals surface area contributed by atoms with Crippen molar-refractivity contribution in [3.05, 3.63) is 0 Å². The van der Waals surface area contributed by atoms with Gasteiger partial charge in [0.1, 0.15) is 0 Å². The molecule has 1 fully saturated rings. The summed E-state index contributed by atoms with van der Waals surface area (Å²) < 4.78 is 28.2. The van der Waals surface area contributed by atoms with E-state index in [9.17, 15) is 8.42 Å². The van der Waals surface area contributed by atoms with Crippen LogP contribution in [0.15, 0.2) is 0 Å². The molecule has 1 saturated carbocycles. The molecular weight excluding hydrogens is 274 g/mol. The first kappa shape index (κ1) is 18.1. The van der Waals surface area contributed by atoms with Gasteiger partial charge in [0.05, 0.1) is 0 Å². The van der Waals surface area contributed by atoms with E-state index in [1.54, 1.807) is 0 Å². The highest BCUT2D eigenvalue weighted by Crippen LogP contribution is 2.24. The molecular formula is C11H26ClN3O2S. The zero-order valence-corrected chi connectivity index (χ0v) is 12.7. The van der Waals surface area contributed by atoms with Crippen LogP contribution in [0.4, 0.5) is 0 Å². The molecule has 1 aliphatic rings. The highest BCUT2D eigenvalue weighted by molar-refractivity contribution is 7.87. The average Bonchev–Trinajstić information content (AvgIpc) is 2.50. The van der Waals surface area contributed by atoms with Gasteiger partial charge in [-0.05, 0) is 19.3 Å². The second kappa shape index (κ2) is 8.32. The molecule has 0 aliphatic heterocycles. The minimum absolute atomic E-state index is 0. The Labute approximate surface area is 117 Å². The van der Waals surface area contributed by atoms with Crippen molar-refractivity contribution < 1.29 is 8.42 Å². The molecule has 4 N–H and O–H groups in total. The molecule has 0 bridgehead atoms. The first-order chi connectivity index (χ1) is 7.97. The fourth-order valence-corrected chi connectivity index (χ4v) is 3.19. The van der Waals surface area contributed by atoms with Gasteiger partial charge in [-0.25, -0.2) is 9.44 Å². The lowest BCUT2D eigenvalue weighted by Gasteiger charge is -2.28. The summed E-state index contributed by atoms with van der Waals surface area (Å²) in [6.07, 6.45) is 7.21. The van der Waals surface area contributed by atoms with Crippen LogP contribution >= 0.6 is 12.4 Å². The van der Waals surface area contributed by atoms with Crippen molar-refractivity contribution in [3.8, 4) is 0 Å². The Bertz CT molecular complexity index is 314. The minimum atomic E-state index is -3.37. The molecule has 7 heteroatoms. The van der Waals surface area contributed by atoms with E-state index in [2.05, 4.69) is 9.44 Å². The Balaban J connectivity index is 0.00000289. The molecule has 0 spiro atoms. The van der Waals surface area contributed by atoms with Gasteiger partial charge < -0.3 is 5.73 Å². The fourth-order valence-electron chi connectivity index (χ4n) is 2.14. The van der Waals surface area contributed by atoms with Crippen molar-refractivity contribution in [2.24, 2.45) is 5.73 Å². The van der Waals surface area contributed by atoms with Crippen molar-refractivity contribution in [3.63, 3.8) is 0 Å². The molecule has 0 aromatic heterocycles. The fraction of sp³-hybridized carbons (Fsp3) is 1.00. The Kier molecular flexibility index (Phi) is 8.38. The summed E-state index contributed by atoms with van der Waals surface area (Å²) >= 11 is 0. The first-order valence-corrected chi connectivity index (χ1v) is 7.99. The van der Waals surface area contributed by atoms with Gasteiger partial charge >= 0.3 is 0 Å². The van der Waals surface area contributed by atoms with Crippen LogP contribution in [0.1, 0.15) is 51.9 Å². The minimum Gasteiger partial charge on any atom is -0.324 e. The number of rotatable bonds is 6. The molecule has 1 aliphatic carbocycles. The molecule has 0 amide bonds. The smallest absolute Gasteiger partial charge is 0.276 e. The van der Waals surface area contributed by atoms with Gasteiger partial charge in [0, 0.05) is 18.6 Å². The summed E-state index contributed by atoms with van der Waals surface area (Å²) in [5.41, 5.74) is 5.88. The van der Waals surface area contributed by atoms with Gasteiger partial charge in [-0.2, -0.15) is 8.42 Å². The highest BCUT2D eigenvalue weighted by Gasteiger charge is 2.27. The second-order valence-electron chi connectivity index (χ2n) is 5.00. The largest absolute Gasteiger partial charge is 0.324 e. The number of nitrogens with one attached hydrogen (secondary N) is 2.